The highest BCUT2D eigenvalue weighted by Gasteiger charge is 2.51. The summed E-state index contributed by atoms with van der Waals surface area (Å²) < 4.78 is 11.8. The van der Waals surface area contributed by atoms with Crippen LogP contribution in [-0.4, -0.2) is 43.2 Å². The van der Waals surface area contributed by atoms with Crippen molar-refractivity contribution in [3.05, 3.63) is 92.5 Å². The molecule has 42 heavy (non-hydrogen) atoms. The highest BCUT2D eigenvalue weighted by atomic mass is 35.5. The Morgan fingerprint density at radius 2 is 1.67 bits per heavy atom. The van der Waals surface area contributed by atoms with Gasteiger partial charge in [-0.15, -0.1) is 0 Å². The number of amides is 1. The van der Waals surface area contributed by atoms with Gasteiger partial charge in [-0.05, 0) is 123 Å². The van der Waals surface area contributed by atoms with Crippen molar-refractivity contribution in [2.75, 3.05) is 26.3 Å². The van der Waals surface area contributed by atoms with E-state index in [4.69, 9.17) is 32.7 Å². The number of rotatable bonds is 10. The molecule has 5 nitrogen and oxygen atoms in total. The number of aryl methyl sites for hydroxylation is 2. The van der Waals surface area contributed by atoms with Crippen LogP contribution in [0.15, 0.2) is 54.6 Å². The van der Waals surface area contributed by atoms with Crippen molar-refractivity contribution in [2.45, 2.75) is 58.5 Å². The molecule has 3 aromatic rings. The van der Waals surface area contributed by atoms with Crippen LogP contribution in [-0.2, 0) is 11.3 Å². The van der Waals surface area contributed by atoms with Gasteiger partial charge in [0.2, 0.25) is 5.91 Å². The van der Waals surface area contributed by atoms with Gasteiger partial charge in [-0.3, -0.25) is 4.79 Å². The second-order valence-corrected chi connectivity index (χ2v) is 13.1. The van der Waals surface area contributed by atoms with E-state index in [1.165, 1.54) is 22.3 Å². The van der Waals surface area contributed by atoms with Crippen LogP contribution in [0.3, 0.4) is 0 Å². The van der Waals surface area contributed by atoms with Gasteiger partial charge in [0.15, 0.2) is 5.75 Å². The first-order valence-corrected chi connectivity index (χ1v) is 15.9. The van der Waals surface area contributed by atoms with E-state index in [-0.39, 0.29) is 11.8 Å². The first-order chi connectivity index (χ1) is 20.3. The number of halogens is 2. The molecule has 1 N–H and O–H groups in total. The Bertz CT molecular complexity index is 1420. The molecule has 6 rings (SSSR count). The molecule has 7 heteroatoms. The number of hydrogen-bond donors (Lipinski definition) is 1. The maximum atomic E-state index is 14.4. The van der Waals surface area contributed by atoms with Crippen molar-refractivity contribution < 1.29 is 14.3 Å². The third-order valence-corrected chi connectivity index (χ3v) is 10.1. The minimum absolute atomic E-state index is 0.000102. The van der Waals surface area contributed by atoms with Crippen molar-refractivity contribution in [2.24, 2.45) is 17.8 Å². The van der Waals surface area contributed by atoms with Crippen molar-refractivity contribution >= 4 is 29.1 Å². The minimum atomic E-state index is -0.000102. The SMILES string of the molecule is Cc1cc(Cl)c(OCCOc2ccc([C@@H]3C[C@H]4CNC[C@H]4[C@H]3C(=O)N(Cc3cccc(C)c3C)C3CC3)cc2)c(Cl)c1. The lowest BCUT2D eigenvalue weighted by Gasteiger charge is -2.32. The van der Waals surface area contributed by atoms with Crippen molar-refractivity contribution in [3.8, 4) is 11.5 Å². The largest absolute Gasteiger partial charge is 0.490 e. The van der Waals surface area contributed by atoms with Crippen molar-refractivity contribution in [1.82, 2.24) is 10.2 Å². The number of carbonyl (C=O) groups excluding carboxylic acids is 1. The zero-order valence-corrected chi connectivity index (χ0v) is 26.2. The summed E-state index contributed by atoms with van der Waals surface area (Å²) in [6.45, 7) is 9.61. The van der Waals surface area contributed by atoms with Gasteiger partial charge in [0.05, 0.1) is 10.0 Å². The topological polar surface area (TPSA) is 50.8 Å². The van der Waals surface area contributed by atoms with Crippen LogP contribution in [0.25, 0.3) is 0 Å². The lowest BCUT2D eigenvalue weighted by Crippen LogP contribution is -2.41. The number of hydrogen-bond acceptors (Lipinski definition) is 4. The molecule has 2 saturated carbocycles. The predicted octanol–water partition coefficient (Wildman–Crippen LogP) is 7.51. The molecule has 222 valence electrons. The quantitative estimate of drug-likeness (QED) is 0.243. The zero-order valence-electron chi connectivity index (χ0n) is 24.7. The molecule has 1 heterocycles. The van der Waals surface area contributed by atoms with Gasteiger partial charge in [-0.2, -0.15) is 0 Å². The maximum Gasteiger partial charge on any atom is 0.227 e. The van der Waals surface area contributed by atoms with E-state index in [9.17, 15) is 4.79 Å². The lowest BCUT2D eigenvalue weighted by molar-refractivity contribution is -0.138. The molecule has 0 radical (unpaired) electrons. The molecule has 3 aromatic carbocycles. The van der Waals surface area contributed by atoms with Gasteiger partial charge in [-0.25, -0.2) is 0 Å². The normalized spacial score (nSPS) is 23.1. The van der Waals surface area contributed by atoms with Crippen LogP contribution in [0.5, 0.6) is 11.5 Å². The zero-order chi connectivity index (χ0) is 29.4. The fourth-order valence-electron chi connectivity index (χ4n) is 6.97. The molecule has 3 aliphatic rings. The van der Waals surface area contributed by atoms with E-state index >= 15 is 0 Å². The molecule has 3 fully saturated rings. The molecule has 1 saturated heterocycles. The Kier molecular flexibility index (Phi) is 8.72. The Hall–Kier alpha value is -2.73. The number of fused-ring (bicyclic) bond motifs is 1. The van der Waals surface area contributed by atoms with Crippen LogP contribution in [0.4, 0.5) is 0 Å². The van der Waals surface area contributed by atoms with Gasteiger partial charge in [0.1, 0.15) is 19.0 Å². The van der Waals surface area contributed by atoms with Crippen LogP contribution in [0.1, 0.15) is 53.0 Å². The number of carbonyl (C=O) groups is 1. The molecular weight excluding hydrogens is 567 g/mol. The molecule has 4 atom stereocenters. The predicted molar refractivity (Wildman–Crippen MR) is 169 cm³/mol. The summed E-state index contributed by atoms with van der Waals surface area (Å²) >= 11 is 12.6. The Labute approximate surface area is 259 Å². The van der Waals surface area contributed by atoms with Gasteiger partial charge < -0.3 is 19.7 Å². The van der Waals surface area contributed by atoms with E-state index in [0.29, 0.717) is 59.3 Å². The van der Waals surface area contributed by atoms with Crippen LogP contribution in [0.2, 0.25) is 10.0 Å². The summed E-state index contributed by atoms with van der Waals surface area (Å²) in [7, 11) is 0. The van der Waals surface area contributed by atoms with Gasteiger partial charge >= 0.3 is 0 Å². The summed E-state index contributed by atoms with van der Waals surface area (Å²) in [5.41, 5.74) is 6.06. The number of ether oxygens (including phenoxy) is 2. The molecule has 1 amide bonds. The molecule has 0 spiro atoms. The standard InChI is InChI=1S/C35H40Cl2N2O3/c1-21-15-31(36)34(32(37)16-21)42-14-13-41-28-11-7-24(8-12-28)29-17-26-18-38-19-30(26)33(29)35(40)39(27-9-10-27)20-25-6-4-5-22(2)23(25)3/h4-8,11-12,15-16,26-27,29-30,33,38H,9-10,13-14,17-20H2,1-3H3/t26-,29-,30+,33-/m0/s1. The highest BCUT2D eigenvalue weighted by molar-refractivity contribution is 6.37. The molecule has 1 aliphatic heterocycles. The lowest BCUT2D eigenvalue weighted by atomic mass is 9.83. The molecular formula is C35H40Cl2N2O3. The molecule has 0 unspecified atom stereocenters. The van der Waals surface area contributed by atoms with Gasteiger partial charge in [-0.1, -0.05) is 53.5 Å². The summed E-state index contributed by atoms with van der Waals surface area (Å²) in [6, 6.07) is 18.8. The second kappa shape index (κ2) is 12.5. The summed E-state index contributed by atoms with van der Waals surface area (Å²) in [4.78, 5) is 16.6. The van der Waals surface area contributed by atoms with Crippen LogP contribution < -0.4 is 14.8 Å². The Morgan fingerprint density at radius 3 is 2.38 bits per heavy atom. The van der Waals surface area contributed by atoms with Gasteiger partial charge in [0, 0.05) is 18.5 Å². The molecule has 2 aliphatic carbocycles. The average Bonchev–Trinajstić information content (AvgIpc) is 3.59. The Balaban J connectivity index is 1.13. The monoisotopic (exact) mass is 606 g/mol. The first-order valence-electron chi connectivity index (χ1n) is 15.2. The van der Waals surface area contributed by atoms with E-state index in [0.717, 1.165) is 43.7 Å². The van der Waals surface area contributed by atoms with E-state index in [2.05, 4.69) is 54.4 Å². The van der Waals surface area contributed by atoms with Gasteiger partial charge in [0.25, 0.3) is 0 Å². The second-order valence-electron chi connectivity index (χ2n) is 12.3. The third kappa shape index (κ3) is 6.15. The van der Waals surface area contributed by atoms with Crippen LogP contribution in [0, 0.1) is 38.5 Å². The third-order valence-electron chi connectivity index (χ3n) is 9.51. The summed E-state index contributed by atoms with van der Waals surface area (Å²) in [6.07, 6.45) is 3.26. The van der Waals surface area contributed by atoms with E-state index < -0.39 is 0 Å². The van der Waals surface area contributed by atoms with Crippen molar-refractivity contribution in [3.63, 3.8) is 0 Å². The molecule has 0 aromatic heterocycles. The fourth-order valence-corrected chi connectivity index (χ4v) is 7.68. The van der Waals surface area contributed by atoms with E-state index in [1.54, 1.807) is 0 Å². The molecule has 0 bridgehead atoms. The Morgan fingerprint density at radius 1 is 0.952 bits per heavy atom. The summed E-state index contributed by atoms with van der Waals surface area (Å²) in [5, 5.41) is 4.57. The summed E-state index contributed by atoms with van der Waals surface area (Å²) in [5.74, 6) is 2.75. The first kappa shape index (κ1) is 29.3. The van der Waals surface area contributed by atoms with Crippen molar-refractivity contribution in [1.29, 1.82) is 0 Å². The average molecular weight is 608 g/mol. The van der Waals surface area contributed by atoms with E-state index in [1.807, 2.05) is 31.2 Å². The number of nitrogens with zero attached hydrogens (tertiary/aromatic N) is 1. The minimum Gasteiger partial charge on any atom is -0.490 e. The fraction of sp³-hybridized carbons (Fsp3) is 0.457. The number of benzene rings is 3. The number of nitrogens with one attached hydrogen (secondary N) is 1. The highest BCUT2D eigenvalue weighted by Crippen LogP contribution is 2.50. The maximum absolute atomic E-state index is 14.4. The smallest absolute Gasteiger partial charge is 0.227 e. The van der Waals surface area contributed by atoms with Crippen LogP contribution >= 0.6 is 23.2 Å².